The van der Waals surface area contributed by atoms with Crippen molar-refractivity contribution < 1.29 is 10.2 Å². The first-order valence-corrected chi connectivity index (χ1v) is 16.6. The van der Waals surface area contributed by atoms with E-state index in [0.717, 1.165) is 80.6 Å². The maximum absolute atomic E-state index is 14.5. The van der Waals surface area contributed by atoms with Gasteiger partial charge in [-0.05, 0) is 119 Å². The second kappa shape index (κ2) is 11.7. The summed E-state index contributed by atoms with van der Waals surface area (Å²) in [5.41, 5.74) is 18.1. The molecule has 0 amide bonds. The van der Waals surface area contributed by atoms with Crippen LogP contribution in [0.3, 0.4) is 0 Å². The average molecular weight is 611 g/mol. The fraction of sp³-hybridized carbons (Fsp3) is 0.300. The Hall–Kier alpha value is -4.52. The molecule has 46 heavy (non-hydrogen) atoms. The third-order valence-electron chi connectivity index (χ3n) is 10.4. The fourth-order valence-corrected chi connectivity index (χ4v) is 7.99. The summed E-state index contributed by atoms with van der Waals surface area (Å²) in [6.07, 6.45) is -2.37. The van der Waals surface area contributed by atoms with Gasteiger partial charge in [-0.2, -0.15) is 0 Å². The van der Waals surface area contributed by atoms with Crippen molar-refractivity contribution in [3.8, 4) is 0 Å². The lowest BCUT2D eigenvalue weighted by atomic mass is 9.61. The van der Waals surface area contributed by atoms with Gasteiger partial charge in [0.1, 0.15) is 0 Å². The highest BCUT2D eigenvalue weighted by Gasteiger charge is 2.42. The fourth-order valence-electron chi connectivity index (χ4n) is 7.99. The van der Waals surface area contributed by atoms with Crippen LogP contribution in [0.25, 0.3) is 43.1 Å². The van der Waals surface area contributed by atoms with E-state index < -0.39 is 24.0 Å². The van der Waals surface area contributed by atoms with E-state index >= 15 is 0 Å². The molecule has 6 aromatic carbocycles. The van der Waals surface area contributed by atoms with E-state index in [1.165, 1.54) is 0 Å². The Morgan fingerprint density at radius 1 is 0.500 bits per heavy atom. The van der Waals surface area contributed by atoms with Gasteiger partial charge in [-0.15, -0.1) is 12.2 Å². The second-order valence-corrected chi connectivity index (χ2v) is 12.6. The number of nitrogens with zero attached hydrogens (tertiary/aromatic N) is 2. The summed E-state index contributed by atoms with van der Waals surface area (Å²) in [5.74, 6) is -1.56. The highest BCUT2D eigenvalue weighted by molar-refractivity contribution is 6.09. The van der Waals surface area contributed by atoms with Crippen molar-refractivity contribution >= 4 is 65.8 Å². The minimum Gasteiger partial charge on any atom is -0.851 e. The number of benzene rings is 6. The molecule has 0 atom stereocenters. The number of fused-ring (bicyclic) bond motifs is 4. The van der Waals surface area contributed by atoms with Gasteiger partial charge in [0.25, 0.3) is 0 Å². The van der Waals surface area contributed by atoms with Gasteiger partial charge in [0.2, 0.25) is 0 Å². The van der Waals surface area contributed by atoms with Gasteiger partial charge in [0, 0.05) is 59.7 Å². The predicted molar refractivity (Wildman–Crippen MR) is 192 cm³/mol. The number of nitrogen functional groups attached to an aromatic ring is 2. The minimum atomic E-state index is -1.19. The summed E-state index contributed by atoms with van der Waals surface area (Å²) in [6.45, 7) is 11.8. The Kier molecular flexibility index (Phi) is 7.66. The largest absolute Gasteiger partial charge is 0.851 e. The first kappa shape index (κ1) is 30.2. The van der Waals surface area contributed by atoms with Gasteiger partial charge in [-0.3, -0.25) is 0 Å². The molecule has 0 bridgehead atoms. The molecule has 0 unspecified atom stereocenters. The van der Waals surface area contributed by atoms with Crippen LogP contribution < -0.4 is 31.5 Å². The Balaban J connectivity index is 1.41. The van der Waals surface area contributed by atoms with Crippen LogP contribution in [0.4, 0.5) is 22.7 Å². The minimum absolute atomic E-state index is 0.510. The third-order valence-corrected chi connectivity index (χ3v) is 10.4. The summed E-state index contributed by atoms with van der Waals surface area (Å²) in [7, 11) is 0. The number of hydrogen-bond donors (Lipinski definition) is 2. The molecule has 0 aromatic heterocycles. The normalized spacial score (nSPS) is 19.6. The SMILES string of the molecule is CCN(CC)c1cc(N)c(C2C([O-])C(c3c(N)cc(N(CC)CC)c4cc5ccccc5cc34)C2[O-])c2cc3ccccc3cc12. The lowest BCUT2D eigenvalue weighted by Crippen LogP contribution is -2.64. The van der Waals surface area contributed by atoms with Gasteiger partial charge < -0.3 is 31.5 Å². The van der Waals surface area contributed by atoms with Gasteiger partial charge in [-0.1, -0.05) is 48.5 Å². The van der Waals surface area contributed by atoms with Gasteiger partial charge in [-0.25, -0.2) is 0 Å². The summed E-state index contributed by atoms with van der Waals surface area (Å²) in [5, 5.41) is 37.2. The Labute approximate surface area is 270 Å². The van der Waals surface area contributed by atoms with Crippen molar-refractivity contribution in [2.45, 2.75) is 51.7 Å². The molecule has 0 radical (unpaired) electrons. The van der Waals surface area contributed by atoms with E-state index in [2.05, 4.69) is 86.0 Å². The lowest BCUT2D eigenvalue weighted by Gasteiger charge is -2.62. The molecule has 236 valence electrons. The van der Waals surface area contributed by atoms with Crippen LogP contribution in [-0.2, 0) is 0 Å². The summed E-state index contributed by atoms with van der Waals surface area (Å²) >= 11 is 0. The smallest absolute Gasteiger partial charge is 0.0466 e. The highest BCUT2D eigenvalue weighted by Crippen LogP contribution is 2.54. The Morgan fingerprint density at radius 2 is 0.804 bits per heavy atom. The maximum Gasteiger partial charge on any atom is 0.0466 e. The number of rotatable bonds is 8. The Bertz CT molecular complexity index is 1940. The molecule has 6 nitrogen and oxygen atoms in total. The molecule has 1 aliphatic rings. The van der Waals surface area contributed by atoms with Crippen molar-refractivity contribution in [1.82, 2.24) is 0 Å². The zero-order valence-electron chi connectivity index (χ0n) is 27.1. The zero-order valence-corrected chi connectivity index (χ0v) is 27.1. The first-order valence-electron chi connectivity index (χ1n) is 16.6. The van der Waals surface area contributed by atoms with Gasteiger partial charge >= 0.3 is 0 Å². The molecule has 1 saturated carbocycles. The third kappa shape index (κ3) is 4.54. The van der Waals surface area contributed by atoms with E-state index in [1.807, 2.05) is 36.4 Å². The maximum atomic E-state index is 14.5. The molecule has 0 saturated heterocycles. The van der Waals surface area contributed by atoms with Crippen molar-refractivity contribution in [3.05, 3.63) is 96.1 Å². The van der Waals surface area contributed by atoms with Crippen LogP contribution in [-0.4, -0.2) is 38.4 Å². The molecule has 6 aromatic rings. The van der Waals surface area contributed by atoms with E-state index in [9.17, 15) is 10.2 Å². The molecular formula is C40H42N4O2-2. The van der Waals surface area contributed by atoms with Crippen LogP contribution in [0.2, 0.25) is 0 Å². The van der Waals surface area contributed by atoms with Gasteiger partial charge in [0.05, 0.1) is 0 Å². The molecule has 7 rings (SSSR count). The van der Waals surface area contributed by atoms with Crippen molar-refractivity contribution in [2.75, 3.05) is 47.4 Å². The van der Waals surface area contributed by atoms with Crippen LogP contribution >= 0.6 is 0 Å². The zero-order chi connectivity index (χ0) is 32.3. The van der Waals surface area contributed by atoms with Gasteiger partial charge in [0.15, 0.2) is 0 Å². The number of hydrogen-bond acceptors (Lipinski definition) is 6. The topological polar surface area (TPSA) is 105 Å². The second-order valence-electron chi connectivity index (χ2n) is 12.6. The number of nitrogens with two attached hydrogens (primary N) is 2. The highest BCUT2D eigenvalue weighted by atomic mass is 16.3. The van der Waals surface area contributed by atoms with Crippen molar-refractivity contribution in [1.29, 1.82) is 0 Å². The van der Waals surface area contributed by atoms with Crippen LogP contribution in [0, 0.1) is 0 Å². The van der Waals surface area contributed by atoms with E-state index in [1.54, 1.807) is 0 Å². The Morgan fingerprint density at radius 3 is 1.11 bits per heavy atom. The first-order chi connectivity index (χ1) is 22.3. The van der Waals surface area contributed by atoms with Crippen LogP contribution in [0.5, 0.6) is 0 Å². The summed E-state index contributed by atoms with van der Waals surface area (Å²) in [6, 6.07) is 29.0. The van der Waals surface area contributed by atoms with E-state index in [-0.39, 0.29) is 0 Å². The summed E-state index contributed by atoms with van der Waals surface area (Å²) in [4.78, 5) is 4.55. The molecule has 0 aliphatic heterocycles. The molecule has 6 heteroatoms. The molecule has 1 aliphatic carbocycles. The van der Waals surface area contributed by atoms with E-state index in [0.29, 0.717) is 22.5 Å². The molecular weight excluding hydrogens is 568 g/mol. The lowest BCUT2D eigenvalue weighted by molar-refractivity contribution is -0.535. The van der Waals surface area contributed by atoms with Crippen molar-refractivity contribution in [3.63, 3.8) is 0 Å². The summed E-state index contributed by atoms with van der Waals surface area (Å²) < 4.78 is 0. The molecule has 1 fully saturated rings. The average Bonchev–Trinajstić information content (AvgIpc) is 3.07. The molecule has 0 spiro atoms. The van der Waals surface area contributed by atoms with Crippen LogP contribution in [0.1, 0.15) is 50.7 Å². The quantitative estimate of drug-likeness (QED) is 0.151. The van der Waals surface area contributed by atoms with Crippen LogP contribution in [0.15, 0.2) is 84.9 Å². The molecule has 0 heterocycles. The van der Waals surface area contributed by atoms with E-state index in [4.69, 9.17) is 11.5 Å². The molecule has 4 N–H and O–H groups in total. The predicted octanol–water partition coefficient (Wildman–Crippen LogP) is 6.50. The standard InChI is InChI=1S/C40H42N4O2/c1-5-43(6-2)33-21-31(41)35(29-19-25-15-11-9-13-23(25)17-27(29)33)37-39(45)38(40(37)46)36-30-20-26-16-12-10-14-24(26)18-28(30)34(22-32(36)42)44(7-3)8-4/h9-22,37-40H,5-8,41-42H2,1-4H3/q-2. The number of anilines is 4. The monoisotopic (exact) mass is 610 g/mol. The van der Waals surface area contributed by atoms with Crippen molar-refractivity contribution in [2.24, 2.45) is 0 Å².